The van der Waals surface area contributed by atoms with E-state index in [0.29, 0.717) is 0 Å². The number of nitrogens with one attached hydrogen (secondary N) is 1. The minimum Gasteiger partial charge on any atom is -0.455 e. The van der Waals surface area contributed by atoms with Gasteiger partial charge in [-0.2, -0.15) is 0 Å². The number of carbonyl (C=O) groups excluding carboxylic acids is 1. The number of rotatable bonds is 7. The number of furan rings is 1. The number of carbonyl (C=O) groups is 1. The van der Waals surface area contributed by atoms with Crippen molar-refractivity contribution in [3.63, 3.8) is 0 Å². The molecule has 6 heteroatoms. The molecule has 1 atom stereocenters. The van der Waals surface area contributed by atoms with Gasteiger partial charge in [0, 0.05) is 6.04 Å². The summed E-state index contributed by atoms with van der Waals surface area (Å²) in [6.07, 6.45) is 8.74. The van der Waals surface area contributed by atoms with Crippen LogP contribution in [0, 0.1) is 23.2 Å². The quantitative estimate of drug-likeness (QED) is 0.658. The van der Waals surface area contributed by atoms with Gasteiger partial charge >= 0.3 is 0 Å². The summed E-state index contributed by atoms with van der Waals surface area (Å²) in [4.78, 5) is 13.3. The zero-order valence-corrected chi connectivity index (χ0v) is 18.9. The molecular weight excluding hydrogens is 410 g/mol. The highest BCUT2D eigenvalue weighted by Crippen LogP contribution is 2.61. The minimum absolute atomic E-state index is 0.148. The molecule has 2 aromatic rings. The molecule has 1 amide bonds. The number of hydrogen-bond acceptors (Lipinski definition) is 4. The summed E-state index contributed by atoms with van der Waals surface area (Å²) in [5, 5.41) is 3.27. The molecule has 0 aliphatic heterocycles. The van der Waals surface area contributed by atoms with Crippen LogP contribution >= 0.6 is 0 Å². The summed E-state index contributed by atoms with van der Waals surface area (Å²) in [5.41, 5.74) is 0.227. The lowest BCUT2D eigenvalue weighted by Gasteiger charge is -2.59. The largest absolute Gasteiger partial charge is 0.455 e. The lowest BCUT2D eigenvalue weighted by atomic mass is 9.47. The summed E-state index contributed by atoms with van der Waals surface area (Å²) in [7, 11) is -3.51. The lowest BCUT2D eigenvalue weighted by Crippen LogP contribution is -2.56. The molecule has 4 saturated carbocycles. The van der Waals surface area contributed by atoms with Crippen molar-refractivity contribution in [1.29, 1.82) is 0 Å². The Bertz CT molecular complexity index is 1020. The topological polar surface area (TPSA) is 76.4 Å². The molecular formula is C25H31NO4S. The fourth-order valence-electron chi connectivity index (χ4n) is 7.00. The Kier molecular flexibility index (Phi) is 5.24. The molecule has 1 heterocycles. The van der Waals surface area contributed by atoms with Crippen LogP contribution in [0.25, 0.3) is 0 Å². The van der Waals surface area contributed by atoms with Gasteiger partial charge in [0.15, 0.2) is 15.6 Å². The third kappa shape index (κ3) is 3.95. The molecule has 166 valence electrons. The van der Waals surface area contributed by atoms with E-state index in [-0.39, 0.29) is 39.5 Å². The minimum atomic E-state index is -3.51. The molecule has 4 aliphatic rings. The Labute approximate surface area is 184 Å². The molecule has 31 heavy (non-hydrogen) atoms. The van der Waals surface area contributed by atoms with Gasteiger partial charge in [0.05, 0.1) is 4.90 Å². The first kappa shape index (κ1) is 20.8. The third-order valence-electron chi connectivity index (χ3n) is 7.86. The van der Waals surface area contributed by atoms with Crippen LogP contribution in [-0.2, 0) is 15.6 Å². The van der Waals surface area contributed by atoms with Crippen LogP contribution in [0.15, 0.2) is 51.8 Å². The predicted molar refractivity (Wildman–Crippen MR) is 118 cm³/mol. The average Bonchev–Trinajstić information content (AvgIpc) is 3.19. The molecule has 1 N–H and O–H groups in total. The molecule has 5 nitrogen and oxygen atoms in total. The van der Waals surface area contributed by atoms with Crippen LogP contribution in [0.2, 0.25) is 0 Å². The Morgan fingerprint density at radius 1 is 1.03 bits per heavy atom. The molecule has 0 spiro atoms. The van der Waals surface area contributed by atoms with Crippen molar-refractivity contribution in [3.8, 4) is 0 Å². The molecule has 1 aromatic heterocycles. The van der Waals surface area contributed by atoms with Crippen LogP contribution in [-0.4, -0.2) is 20.4 Å². The lowest BCUT2D eigenvalue weighted by molar-refractivity contribution is -0.0728. The Hall–Kier alpha value is -2.08. The van der Waals surface area contributed by atoms with Crippen molar-refractivity contribution in [2.24, 2.45) is 23.2 Å². The second kappa shape index (κ2) is 7.80. The zero-order valence-electron chi connectivity index (χ0n) is 18.0. The zero-order chi connectivity index (χ0) is 21.6. The van der Waals surface area contributed by atoms with Gasteiger partial charge in [-0.15, -0.1) is 0 Å². The van der Waals surface area contributed by atoms with E-state index in [0.717, 1.165) is 24.2 Å². The summed E-state index contributed by atoms with van der Waals surface area (Å²) in [6, 6.07) is 11.7. The first-order chi connectivity index (χ1) is 14.9. The highest BCUT2D eigenvalue weighted by molar-refractivity contribution is 7.90. The SMILES string of the molecule is CC[C@@H](NC(=O)c1ccc(CS(=O)(=O)c2ccccc2)o1)C12CC3CC(CC(C3)C1)C2. The van der Waals surface area contributed by atoms with Gasteiger partial charge in [0.1, 0.15) is 11.5 Å². The molecule has 4 fully saturated rings. The van der Waals surface area contributed by atoms with Gasteiger partial charge in [0.2, 0.25) is 0 Å². The number of amides is 1. The van der Waals surface area contributed by atoms with E-state index in [1.54, 1.807) is 42.5 Å². The van der Waals surface area contributed by atoms with Crippen LogP contribution < -0.4 is 5.32 Å². The van der Waals surface area contributed by atoms with Gasteiger partial charge < -0.3 is 9.73 Å². The maximum Gasteiger partial charge on any atom is 0.287 e. The van der Waals surface area contributed by atoms with E-state index in [9.17, 15) is 13.2 Å². The maximum absolute atomic E-state index is 13.0. The van der Waals surface area contributed by atoms with Crippen molar-refractivity contribution < 1.29 is 17.6 Å². The van der Waals surface area contributed by atoms with Crippen molar-refractivity contribution >= 4 is 15.7 Å². The summed E-state index contributed by atoms with van der Waals surface area (Å²) >= 11 is 0. The Morgan fingerprint density at radius 3 is 2.23 bits per heavy atom. The molecule has 4 aliphatic carbocycles. The fourth-order valence-corrected chi connectivity index (χ4v) is 8.27. The standard InChI is InChI=1S/C25H31NO4S/c1-2-23(25-13-17-10-18(14-25)12-19(11-17)15-25)26-24(27)22-9-8-20(30-22)16-31(28,29)21-6-4-3-5-7-21/h3-9,17-19,23H,2,10-16H2,1H3,(H,26,27)/t17?,18?,19?,23-,25?/m1/s1. The normalized spacial score (nSPS) is 30.3. The average molecular weight is 442 g/mol. The van der Waals surface area contributed by atoms with Crippen LogP contribution in [0.5, 0.6) is 0 Å². The fraction of sp³-hybridized carbons (Fsp3) is 0.560. The second-order valence-corrected chi connectivity index (χ2v) is 12.0. The van der Waals surface area contributed by atoms with E-state index < -0.39 is 9.84 Å². The first-order valence-electron chi connectivity index (χ1n) is 11.5. The van der Waals surface area contributed by atoms with E-state index in [2.05, 4.69) is 12.2 Å². The van der Waals surface area contributed by atoms with Crippen molar-refractivity contribution in [3.05, 3.63) is 54.0 Å². The smallest absolute Gasteiger partial charge is 0.287 e. The highest BCUT2D eigenvalue weighted by Gasteiger charge is 2.54. The molecule has 0 radical (unpaired) electrons. The molecule has 4 bridgehead atoms. The molecule has 0 saturated heterocycles. The van der Waals surface area contributed by atoms with Gasteiger partial charge in [0.25, 0.3) is 5.91 Å². The predicted octanol–water partition coefficient (Wildman–Crippen LogP) is 4.98. The molecule has 6 rings (SSSR count). The van der Waals surface area contributed by atoms with Crippen LogP contribution in [0.4, 0.5) is 0 Å². The third-order valence-corrected chi connectivity index (χ3v) is 9.51. The van der Waals surface area contributed by atoms with E-state index in [1.807, 2.05) is 0 Å². The van der Waals surface area contributed by atoms with Gasteiger partial charge in [-0.25, -0.2) is 8.42 Å². The van der Waals surface area contributed by atoms with Gasteiger partial charge in [-0.1, -0.05) is 25.1 Å². The highest BCUT2D eigenvalue weighted by atomic mass is 32.2. The summed E-state index contributed by atoms with van der Waals surface area (Å²) in [6.45, 7) is 2.16. The Morgan fingerprint density at radius 2 is 1.65 bits per heavy atom. The number of benzene rings is 1. The maximum atomic E-state index is 13.0. The second-order valence-electron chi connectivity index (χ2n) is 10.1. The number of hydrogen-bond donors (Lipinski definition) is 1. The van der Waals surface area contributed by atoms with E-state index >= 15 is 0 Å². The summed E-state index contributed by atoms with van der Waals surface area (Å²) in [5.74, 6) is 2.49. The van der Waals surface area contributed by atoms with Crippen molar-refractivity contribution in [2.75, 3.05) is 0 Å². The Balaban J connectivity index is 1.28. The summed E-state index contributed by atoms with van der Waals surface area (Å²) < 4.78 is 30.9. The van der Waals surface area contributed by atoms with Crippen LogP contribution in [0.3, 0.4) is 0 Å². The van der Waals surface area contributed by atoms with Gasteiger partial charge in [-0.05, 0) is 92.4 Å². The van der Waals surface area contributed by atoms with Crippen molar-refractivity contribution in [2.45, 2.75) is 68.6 Å². The van der Waals surface area contributed by atoms with Crippen LogP contribution in [0.1, 0.15) is 68.2 Å². The number of sulfone groups is 1. The monoisotopic (exact) mass is 441 g/mol. The van der Waals surface area contributed by atoms with Gasteiger partial charge in [-0.3, -0.25) is 4.79 Å². The molecule has 1 aromatic carbocycles. The molecule has 0 unspecified atom stereocenters. The van der Waals surface area contributed by atoms with E-state index in [4.69, 9.17) is 4.42 Å². The first-order valence-corrected chi connectivity index (χ1v) is 13.2. The van der Waals surface area contributed by atoms with E-state index in [1.165, 1.54) is 38.5 Å². The van der Waals surface area contributed by atoms with Crippen molar-refractivity contribution in [1.82, 2.24) is 5.32 Å².